The fourth-order valence-corrected chi connectivity index (χ4v) is 1.89. The van der Waals surface area contributed by atoms with Crippen molar-refractivity contribution in [3.63, 3.8) is 0 Å². The highest BCUT2D eigenvalue weighted by atomic mass is 35.5. The predicted molar refractivity (Wildman–Crippen MR) is 76.6 cm³/mol. The second kappa shape index (κ2) is 5.63. The van der Waals surface area contributed by atoms with Gasteiger partial charge < -0.3 is 16.2 Å². The molecule has 0 saturated heterocycles. The molecule has 0 aliphatic carbocycles. The zero-order valence-electron chi connectivity index (χ0n) is 10.1. The summed E-state index contributed by atoms with van der Waals surface area (Å²) >= 11 is 6.05. The first-order chi connectivity index (χ1) is 9.08. The summed E-state index contributed by atoms with van der Waals surface area (Å²) in [5, 5.41) is 12.7. The Labute approximate surface area is 115 Å². The molecule has 0 aromatic heterocycles. The van der Waals surface area contributed by atoms with Gasteiger partial charge in [-0.05, 0) is 29.8 Å². The number of nitrogens with one attached hydrogen (secondary N) is 1. The highest BCUT2D eigenvalue weighted by molar-refractivity contribution is 6.31. The zero-order chi connectivity index (χ0) is 13.8. The van der Waals surface area contributed by atoms with Crippen LogP contribution in [0.1, 0.15) is 15.9 Å². The Hall–Kier alpha value is -2.20. The van der Waals surface area contributed by atoms with Gasteiger partial charge in [0.2, 0.25) is 0 Å². The molecule has 0 aliphatic rings. The lowest BCUT2D eigenvalue weighted by molar-refractivity contribution is 0.0697. The molecule has 0 saturated carbocycles. The lowest BCUT2D eigenvalue weighted by Crippen LogP contribution is -2.05. The van der Waals surface area contributed by atoms with Crippen molar-refractivity contribution in [3.05, 3.63) is 58.6 Å². The number of benzene rings is 2. The van der Waals surface area contributed by atoms with E-state index in [4.69, 9.17) is 22.4 Å². The molecule has 2 aromatic rings. The van der Waals surface area contributed by atoms with Gasteiger partial charge in [-0.1, -0.05) is 29.8 Å². The van der Waals surface area contributed by atoms with Gasteiger partial charge in [0.1, 0.15) is 0 Å². The van der Waals surface area contributed by atoms with Crippen molar-refractivity contribution in [1.82, 2.24) is 0 Å². The minimum Gasteiger partial charge on any atom is -0.478 e. The lowest BCUT2D eigenvalue weighted by atomic mass is 10.1. The van der Waals surface area contributed by atoms with Gasteiger partial charge in [-0.15, -0.1) is 0 Å². The number of aromatic carboxylic acids is 1. The molecule has 19 heavy (non-hydrogen) atoms. The van der Waals surface area contributed by atoms with E-state index in [-0.39, 0.29) is 5.56 Å². The number of carbonyl (C=O) groups is 1. The molecule has 4 N–H and O–H groups in total. The van der Waals surface area contributed by atoms with E-state index in [2.05, 4.69) is 5.32 Å². The van der Waals surface area contributed by atoms with Crippen molar-refractivity contribution in [2.45, 2.75) is 6.54 Å². The second-order valence-electron chi connectivity index (χ2n) is 4.05. The van der Waals surface area contributed by atoms with E-state index in [0.29, 0.717) is 22.9 Å². The summed E-state index contributed by atoms with van der Waals surface area (Å²) in [4.78, 5) is 10.8. The standard InChI is InChI=1S/C14H13ClN2O2/c15-11-4-2-1-3-10(11)8-17-13-6-5-9(14(18)19)7-12(13)16/h1-7,17H,8,16H2,(H,18,19). The van der Waals surface area contributed by atoms with Crippen molar-refractivity contribution in [2.24, 2.45) is 0 Å². The molecular formula is C14H13ClN2O2. The number of nitrogens with two attached hydrogens (primary N) is 1. The summed E-state index contributed by atoms with van der Waals surface area (Å²) < 4.78 is 0. The molecule has 0 radical (unpaired) electrons. The maximum Gasteiger partial charge on any atom is 0.335 e. The molecule has 2 aromatic carbocycles. The highest BCUT2D eigenvalue weighted by Crippen LogP contribution is 2.22. The van der Waals surface area contributed by atoms with Crippen molar-refractivity contribution >= 4 is 28.9 Å². The Morgan fingerprint density at radius 3 is 2.63 bits per heavy atom. The lowest BCUT2D eigenvalue weighted by Gasteiger charge is -2.11. The van der Waals surface area contributed by atoms with Crippen LogP contribution in [0.4, 0.5) is 11.4 Å². The van der Waals surface area contributed by atoms with Crippen LogP contribution in [0.15, 0.2) is 42.5 Å². The van der Waals surface area contributed by atoms with Gasteiger partial charge in [0.05, 0.1) is 16.9 Å². The molecule has 5 heteroatoms. The Kier molecular flexibility index (Phi) is 3.92. The first-order valence-corrected chi connectivity index (χ1v) is 6.06. The van der Waals surface area contributed by atoms with E-state index in [1.807, 2.05) is 24.3 Å². The molecule has 98 valence electrons. The van der Waals surface area contributed by atoms with Crippen LogP contribution in [0.3, 0.4) is 0 Å². The van der Waals surface area contributed by atoms with Gasteiger partial charge >= 0.3 is 5.97 Å². The summed E-state index contributed by atoms with van der Waals surface area (Å²) in [6.07, 6.45) is 0. The SMILES string of the molecule is Nc1cc(C(=O)O)ccc1NCc1ccccc1Cl. The molecule has 2 rings (SSSR count). The van der Waals surface area contributed by atoms with Crippen LogP contribution in [0.25, 0.3) is 0 Å². The third kappa shape index (κ3) is 3.17. The van der Waals surface area contributed by atoms with Crippen LogP contribution in [0.5, 0.6) is 0 Å². The Balaban J connectivity index is 2.12. The third-order valence-corrected chi connectivity index (χ3v) is 3.09. The topological polar surface area (TPSA) is 75.4 Å². The number of rotatable bonds is 4. The molecule has 0 fully saturated rings. The molecular weight excluding hydrogens is 264 g/mol. The number of carboxylic acids is 1. The number of carboxylic acid groups (broad SMARTS) is 1. The zero-order valence-corrected chi connectivity index (χ0v) is 10.8. The summed E-state index contributed by atoms with van der Waals surface area (Å²) in [6.45, 7) is 0.524. The molecule has 0 spiro atoms. The normalized spacial score (nSPS) is 10.2. The number of anilines is 2. The van der Waals surface area contributed by atoms with E-state index in [0.717, 1.165) is 5.56 Å². The molecule has 0 amide bonds. The predicted octanol–water partition coefficient (Wildman–Crippen LogP) is 3.23. The average Bonchev–Trinajstić information content (AvgIpc) is 2.39. The second-order valence-corrected chi connectivity index (χ2v) is 4.46. The van der Waals surface area contributed by atoms with E-state index >= 15 is 0 Å². The Bertz CT molecular complexity index is 614. The van der Waals surface area contributed by atoms with Crippen molar-refractivity contribution in [2.75, 3.05) is 11.1 Å². The fourth-order valence-electron chi connectivity index (χ4n) is 1.69. The summed E-state index contributed by atoms with van der Waals surface area (Å²) in [5.41, 5.74) is 8.00. The van der Waals surface area contributed by atoms with Crippen molar-refractivity contribution < 1.29 is 9.90 Å². The highest BCUT2D eigenvalue weighted by Gasteiger charge is 2.06. The third-order valence-electron chi connectivity index (χ3n) is 2.73. The summed E-state index contributed by atoms with van der Waals surface area (Å²) in [7, 11) is 0. The van der Waals surface area contributed by atoms with Gasteiger partial charge in [-0.2, -0.15) is 0 Å². The maximum absolute atomic E-state index is 10.8. The number of halogens is 1. The monoisotopic (exact) mass is 276 g/mol. The summed E-state index contributed by atoms with van der Waals surface area (Å²) in [5.74, 6) is -0.996. The van der Waals surface area contributed by atoms with Crippen LogP contribution >= 0.6 is 11.6 Å². The average molecular weight is 277 g/mol. The van der Waals surface area contributed by atoms with E-state index in [1.54, 1.807) is 6.07 Å². The van der Waals surface area contributed by atoms with Gasteiger partial charge in [-0.3, -0.25) is 0 Å². The first-order valence-electron chi connectivity index (χ1n) is 5.68. The van der Waals surface area contributed by atoms with Crippen molar-refractivity contribution in [1.29, 1.82) is 0 Å². The van der Waals surface area contributed by atoms with Gasteiger partial charge in [0.15, 0.2) is 0 Å². The van der Waals surface area contributed by atoms with Crippen molar-refractivity contribution in [3.8, 4) is 0 Å². The van der Waals surface area contributed by atoms with Gasteiger partial charge in [0.25, 0.3) is 0 Å². The van der Waals surface area contributed by atoms with Crippen LogP contribution in [-0.2, 0) is 6.54 Å². The van der Waals surface area contributed by atoms with Gasteiger partial charge in [0, 0.05) is 11.6 Å². The molecule has 0 bridgehead atoms. The Morgan fingerprint density at radius 1 is 1.26 bits per heavy atom. The summed E-state index contributed by atoms with van der Waals surface area (Å²) in [6, 6.07) is 12.1. The van der Waals surface area contributed by atoms with Crippen LogP contribution in [0.2, 0.25) is 5.02 Å². The maximum atomic E-state index is 10.8. The minimum absolute atomic E-state index is 0.167. The largest absolute Gasteiger partial charge is 0.478 e. The molecule has 0 aliphatic heterocycles. The Morgan fingerprint density at radius 2 is 2.00 bits per heavy atom. The molecule has 0 heterocycles. The van der Waals surface area contributed by atoms with E-state index in [1.165, 1.54) is 12.1 Å². The molecule has 0 unspecified atom stereocenters. The number of nitrogen functional groups attached to an aromatic ring is 1. The number of hydrogen-bond donors (Lipinski definition) is 3. The van der Waals surface area contributed by atoms with Crippen LogP contribution in [-0.4, -0.2) is 11.1 Å². The van der Waals surface area contributed by atoms with E-state index in [9.17, 15) is 4.79 Å². The van der Waals surface area contributed by atoms with Crippen LogP contribution < -0.4 is 11.1 Å². The molecule has 4 nitrogen and oxygen atoms in total. The number of hydrogen-bond acceptors (Lipinski definition) is 3. The fraction of sp³-hybridized carbons (Fsp3) is 0.0714. The smallest absolute Gasteiger partial charge is 0.335 e. The van der Waals surface area contributed by atoms with Crippen LogP contribution in [0, 0.1) is 0 Å². The first kappa shape index (κ1) is 13.2. The van der Waals surface area contributed by atoms with Gasteiger partial charge in [-0.25, -0.2) is 4.79 Å². The van der Waals surface area contributed by atoms with E-state index < -0.39 is 5.97 Å². The molecule has 0 atom stereocenters. The quantitative estimate of drug-likeness (QED) is 0.750. The minimum atomic E-state index is -0.996.